The van der Waals surface area contributed by atoms with E-state index in [2.05, 4.69) is 4.98 Å². The molecule has 3 rings (SSSR count). The first-order chi connectivity index (χ1) is 12.1. The van der Waals surface area contributed by atoms with Gasteiger partial charge in [0.05, 0.1) is 12.0 Å². The Labute approximate surface area is 144 Å². The molecule has 0 fully saturated rings. The number of nitrogens with zero attached hydrogens (tertiary/aromatic N) is 2. The summed E-state index contributed by atoms with van der Waals surface area (Å²) in [5, 5.41) is 11.1. The number of benzene rings is 2. The zero-order valence-corrected chi connectivity index (χ0v) is 13.8. The van der Waals surface area contributed by atoms with E-state index in [0.717, 1.165) is 16.9 Å². The molecule has 0 saturated carbocycles. The monoisotopic (exact) mass is 340 g/mol. The maximum absolute atomic E-state index is 11.1. The average molecular weight is 340 g/mol. The van der Waals surface area contributed by atoms with E-state index < -0.39 is 4.92 Å². The second-order valence-corrected chi connectivity index (χ2v) is 5.39. The van der Waals surface area contributed by atoms with Crippen LogP contribution in [0.15, 0.2) is 53.1 Å². The molecule has 1 heterocycles. The number of hydrogen-bond acceptors (Lipinski definition) is 6. The SMILES string of the molecule is COc1ccc(-c2nc(COc3ccc(C)cc3[N+](=O)[O-])co2)cc1. The topological polar surface area (TPSA) is 87.6 Å². The molecule has 0 aliphatic rings. The number of nitro groups is 1. The molecule has 128 valence electrons. The van der Waals surface area contributed by atoms with Crippen LogP contribution in [-0.4, -0.2) is 17.0 Å². The van der Waals surface area contributed by atoms with Gasteiger partial charge in [0.2, 0.25) is 5.89 Å². The summed E-state index contributed by atoms with van der Waals surface area (Å²) in [6.45, 7) is 1.86. The standard InChI is InChI=1S/C18H16N2O5/c1-12-3-8-17(16(9-12)20(21)22)24-10-14-11-25-18(19-14)13-4-6-15(23-2)7-5-13/h3-9,11H,10H2,1-2H3. The van der Waals surface area contributed by atoms with Gasteiger partial charge in [-0.05, 0) is 42.8 Å². The predicted octanol–water partition coefficient (Wildman–Crippen LogP) is 4.15. The third-order valence-corrected chi connectivity index (χ3v) is 3.58. The molecule has 7 nitrogen and oxygen atoms in total. The fourth-order valence-corrected chi connectivity index (χ4v) is 2.28. The number of aromatic nitrogens is 1. The van der Waals surface area contributed by atoms with Crippen LogP contribution in [0.25, 0.3) is 11.5 Å². The minimum atomic E-state index is -0.464. The Hall–Kier alpha value is -3.35. The minimum absolute atomic E-state index is 0.0705. The third kappa shape index (κ3) is 3.77. The van der Waals surface area contributed by atoms with E-state index in [0.29, 0.717) is 11.6 Å². The third-order valence-electron chi connectivity index (χ3n) is 3.58. The highest BCUT2D eigenvalue weighted by atomic mass is 16.6. The first-order valence-electron chi connectivity index (χ1n) is 7.53. The highest BCUT2D eigenvalue weighted by Crippen LogP contribution is 2.29. The van der Waals surface area contributed by atoms with Gasteiger partial charge in [0, 0.05) is 11.6 Å². The van der Waals surface area contributed by atoms with Gasteiger partial charge in [0.1, 0.15) is 24.3 Å². The smallest absolute Gasteiger partial charge is 0.311 e. The van der Waals surface area contributed by atoms with Crippen LogP contribution in [0.3, 0.4) is 0 Å². The van der Waals surface area contributed by atoms with Gasteiger partial charge in [0.15, 0.2) is 5.75 Å². The second kappa shape index (κ2) is 7.04. The molecule has 0 atom stereocenters. The van der Waals surface area contributed by atoms with Gasteiger partial charge in [0.25, 0.3) is 0 Å². The number of aryl methyl sites for hydroxylation is 1. The fraction of sp³-hybridized carbons (Fsp3) is 0.167. The summed E-state index contributed by atoms with van der Waals surface area (Å²) < 4.78 is 16.1. The van der Waals surface area contributed by atoms with Crippen molar-refractivity contribution >= 4 is 5.69 Å². The van der Waals surface area contributed by atoms with Crippen LogP contribution in [-0.2, 0) is 6.61 Å². The highest BCUT2D eigenvalue weighted by molar-refractivity contribution is 5.54. The Morgan fingerprint density at radius 3 is 2.64 bits per heavy atom. The quantitative estimate of drug-likeness (QED) is 0.495. The number of hydrogen-bond donors (Lipinski definition) is 0. The number of rotatable bonds is 6. The van der Waals surface area contributed by atoms with Gasteiger partial charge in [-0.25, -0.2) is 4.98 Å². The van der Waals surface area contributed by atoms with Gasteiger partial charge < -0.3 is 13.9 Å². The first-order valence-corrected chi connectivity index (χ1v) is 7.53. The molecule has 0 unspecified atom stereocenters. The average Bonchev–Trinajstić information content (AvgIpc) is 3.09. The normalized spacial score (nSPS) is 10.5. The second-order valence-electron chi connectivity index (χ2n) is 5.39. The van der Waals surface area contributed by atoms with Crippen molar-refractivity contribution < 1.29 is 18.8 Å². The van der Waals surface area contributed by atoms with Crippen LogP contribution in [0.5, 0.6) is 11.5 Å². The van der Waals surface area contributed by atoms with E-state index in [-0.39, 0.29) is 18.0 Å². The Morgan fingerprint density at radius 2 is 1.96 bits per heavy atom. The molecule has 0 saturated heterocycles. The summed E-state index contributed by atoms with van der Waals surface area (Å²) in [4.78, 5) is 15.0. The van der Waals surface area contributed by atoms with Crippen molar-refractivity contribution in [3.63, 3.8) is 0 Å². The summed E-state index contributed by atoms with van der Waals surface area (Å²) in [6, 6.07) is 12.1. The maximum atomic E-state index is 11.1. The van der Waals surface area contributed by atoms with Crippen molar-refractivity contribution in [1.82, 2.24) is 4.98 Å². The van der Waals surface area contributed by atoms with E-state index in [4.69, 9.17) is 13.9 Å². The van der Waals surface area contributed by atoms with Crippen LogP contribution in [0.4, 0.5) is 5.69 Å². The molecule has 25 heavy (non-hydrogen) atoms. The maximum Gasteiger partial charge on any atom is 0.311 e. The molecule has 0 bridgehead atoms. The summed E-state index contributed by atoms with van der Waals surface area (Å²) >= 11 is 0. The van der Waals surface area contributed by atoms with Crippen LogP contribution >= 0.6 is 0 Å². The van der Waals surface area contributed by atoms with Crippen molar-refractivity contribution in [1.29, 1.82) is 0 Å². The van der Waals surface area contributed by atoms with E-state index in [1.807, 2.05) is 24.3 Å². The molecule has 0 spiro atoms. The first kappa shape index (κ1) is 16.5. The molecule has 0 aliphatic heterocycles. The molecule has 2 aromatic carbocycles. The van der Waals surface area contributed by atoms with Crippen molar-refractivity contribution in [3.05, 3.63) is 70.1 Å². The number of methoxy groups -OCH3 is 1. The van der Waals surface area contributed by atoms with E-state index in [1.165, 1.54) is 12.3 Å². The van der Waals surface area contributed by atoms with Crippen molar-refractivity contribution in [2.75, 3.05) is 7.11 Å². The van der Waals surface area contributed by atoms with Gasteiger partial charge >= 0.3 is 5.69 Å². The van der Waals surface area contributed by atoms with Gasteiger partial charge in [-0.1, -0.05) is 6.07 Å². The van der Waals surface area contributed by atoms with E-state index in [9.17, 15) is 10.1 Å². The molecular weight excluding hydrogens is 324 g/mol. The Balaban J connectivity index is 1.73. The van der Waals surface area contributed by atoms with Gasteiger partial charge in [-0.2, -0.15) is 0 Å². The Morgan fingerprint density at radius 1 is 1.20 bits per heavy atom. The van der Waals surface area contributed by atoms with Crippen LogP contribution < -0.4 is 9.47 Å². The Kier molecular flexibility index (Phi) is 4.65. The van der Waals surface area contributed by atoms with Crippen LogP contribution in [0, 0.1) is 17.0 Å². The van der Waals surface area contributed by atoms with Crippen molar-refractivity contribution in [2.24, 2.45) is 0 Å². The zero-order valence-electron chi connectivity index (χ0n) is 13.8. The summed E-state index contributed by atoms with van der Waals surface area (Å²) in [5.41, 5.74) is 2.07. The molecule has 0 N–H and O–H groups in total. The van der Waals surface area contributed by atoms with Crippen LogP contribution in [0.2, 0.25) is 0 Å². The Bertz CT molecular complexity index is 887. The van der Waals surface area contributed by atoms with Crippen LogP contribution in [0.1, 0.15) is 11.3 Å². The molecule has 0 amide bonds. The molecule has 0 aliphatic carbocycles. The highest BCUT2D eigenvalue weighted by Gasteiger charge is 2.16. The lowest BCUT2D eigenvalue weighted by Crippen LogP contribution is -1.99. The lowest BCUT2D eigenvalue weighted by Gasteiger charge is -2.05. The molecule has 3 aromatic rings. The lowest BCUT2D eigenvalue weighted by molar-refractivity contribution is -0.386. The predicted molar refractivity (Wildman–Crippen MR) is 90.7 cm³/mol. The van der Waals surface area contributed by atoms with Gasteiger partial charge in [-0.15, -0.1) is 0 Å². The van der Waals surface area contributed by atoms with Crippen molar-refractivity contribution in [2.45, 2.75) is 13.5 Å². The zero-order chi connectivity index (χ0) is 17.8. The number of ether oxygens (including phenoxy) is 2. The number of nitro benzene ring substituents is 1. The fourth-order valence-electron chi connectivity index (χ4n) is 2.28. The summed E-state index contributed by atoms with van der Waals surface area (Å²) in [6.07, 6.45) is 1.47. The van der Waals surface area contributed by atoms with E-state index >= 15 is 0 Å². The van der Waals surface area contributed by atoms with E-state index in [1.54, 1.807) is 26.2 Å². The lowest BCUT2D eigenvalue weighted by atomic mass is 10.2. The molecule has 0 radical (unpaired) electrons. The summed E-state index contributed by atoms with van der Waals surface area (Å²) in [5.74, 6) is 1.38. The molecule has 1 aromatic heterocycles. The van der Waals surface area contributed by atoms with Crippen molar-refractivity contribution in [3.8, 4) is 23.0 Å². The molecular formula is C18H16N2O5. The number of oxazole rings is 1. The minimum Gasteiger partial charge on any atom is -0.497 e. The van der Waals surface area contributed by atoms with Gasteiger partial charge in [-0.3, -0.25) is 10.1 Å². The molecule has 7 heteroatoms. The summed E-state index contributed by atoms with van der Waals surface area (Å²) in [7, 11) is 1.60. The largest absolute Gasteiger partial charge is 0.497 e.